The lowest BCUT2D eigenvalue weighted by atomic mass is 10.1. The summed E-state index contributed by atoms with van der Waals surface area (Å²) in [5.74, 6) is 0. The zero-order valence-electron chi connectivity index (χ0n) is 11.0. The van der Waals surface area contributed by atoms with Crippen LogP contribution in [0.2, 0.25) is 0 Å². The second-order valence-electron chi connectivity index (χ2n) is 4.60. The molecule has 0 aliphatic heterocycles. The third-order valence-corrected chi connectivity index (χ3v) is 2.65. The van der Waals surface area contributed by atoms with Gasteiger partial charge in [0.25, 0.3) is 0 Å². The van der Waals surface area contributed by atoms with Gasteiger partial charge in [-0.3, -0.25) is 0 Å². The standard InChI is InChI=1S/C13H21N3O/c1-10(2)16(13(17)15(3)4)9-11-7-5-6-8-12(11)14/h5-8,10H,9,14H2,1-4H3. The molecule has 1 aromatic carbocycles. The molecule has 0 aliphatic rings. The van der Waals surface area contributed by atoms with E-state index in [2.05, 4.69) is 0 Å². The van der Waals surface area contributed by atoms with E-state index >= 15 is 0 Å². The number of nitrogens with two attached hydrogens (primary N) is 1. The molecule has 4 nitrogen and oxygen atoms in total. The van der Waals surface area contributed by atoms with E-state index in [1.807, 2.05) is 38.1 Å². The van der Waals surface area contributed by atoms with Gasteiger partial charge < -0.3 is 15.5 Å². The molecule has 1 aromatic rings. The molecule has 0 spiro atoms. The Morgan fingerprint density at radius 2 is 1.88 bits per heavy atom. The van der Waals surface area contributed by atoms with Crippen LogP contribution in [0.1, 0.15) is 19.4 Å². The number of anilines is 1. The minimum atomic E-state index is 0.00301. The molecule has 2 amide bonds. The third-order valence-electron chi connectivity index (χ3n) is 2.65. The molecule has 0 bridgehead atoms. The number of hydrogen-bond acceptors (Lipinski definition) is 2. The van der Waals surface area contributed by atoms with Gasteiger partial charge in [0.2, 0.25) is 0 Å². The molecule has 0 heterocycles. The lowest BCUT2D eigenvalue weighted by Gasteiger charge is -2.30. The Balaban J connectivity index is 2.88. The second kappa shape index (κ2) is 5.57. The summed E-state index contributed by atoms with van der Waals surface area (Å²) in [5, 5.41) is 0. The van der Waals surface area contributed by atoms with Crippen LogP contribution in [0.3, 0.4) is 0 Å². The van der Waals surface area contributed by atoms with E-state index in [4.69, 9.17) is 5.73 Å². The van der Waals surface area contributed by atoms with E-state index in [0.29, 0.717) is 6.54 Å². The van der Waals surface area contributed by atoms with Crippen LogP contribution in [0.5, 0.6) is 0 Å². The summed E-state index contributed by atoms with van der Waals surface area (Å²) < 4.78 is 0. The predicted octanol–water partition coefficient (Wildman–Crippen LogP) is 2.16. The first kappa shape index (κ1) is 13.4. The summed E-state index contributed by atoms with van der Waals surface area (Å²) in [6.45, 7) is 4.54. The highest BCUT2D eigenvalue weighted by Gasteiger charge is 2.19. The minimum absolute atomic E-state index is 0.00301. The van der Waals surface area contributed by atoms with Crippen molar-refractivity contribution in [2.75, 3.05) is 19.8 Å². The molecule has 2 N–H and O–H groups in total. The van der Waals surface area contributed by atoms with Gasteiger partial charge in [-0.1, -0.05) is 18.2 Å². The number of para-hydroxylation sites is 1. The molecule has 0 atom stereocenters. The first-order valence-electron chi connectivity index (χ1n) is 5.74. The van der Waals surface area contributed by atoms with Crippen molar-refractivity contribution >= 4 is 11.7 Å². The van der Waals surface area contributed by atoms with E-state index in [9.17, 15) is 4.79 Å². The van der Waals surface area contributed by atoms with Gasteiger partial charge in [0.1, 0.15) is 0 Å². The van der Waals surface area contributed by atoms with Crippen molar-refractivity contribution < 1.29 is 4.79 Å². The van der Waals surface area contributed by atoms with Crippen LogP contribution in [0.15, 0.2) is 24.3 Å². The molecule has 0 saturated carbocycles. The Bertz CT molecular complexity index is 388. The van der Waals surface area contributed by atoms with Crippen LogP contribution in [-0.2, 0) is 6.54 Å². The number of rotatable bonds is 3. The van der Waals surface area contributed by atoms with Crippen molar-refractivity contribution in [3.8, 4) is 0 Å². The Hall–Kier alpha value is -1.71. The monoisotopic (exact) mass is 235 g/mol. The topological polar surface area (TPSA) is 49.6 Å². The lowest BCUT2D eigenvalue weighted by Crippen LogP contribution is -2.42. The molecule has 4 heteroatoms. The van der Waals surface area contributed by atoms with Gasteiger partial charge in [-0.15, -0.1) is 0 Å². The Labute approximate surface area is 103 Å². The van der Waals surface area contributed by atoms with Crippen molar-refractivity contribution in [3.05, 3.63) is 29.8 Å². The summed E-state index contributed by atoms with van der Waals surface area (Å²) in [6, 6.07) is 7.78. The summed E-state index contributed by atoms with van der Waals surface area (Å²) in [4.78, 5) is 15.4. The number of nitrogens with zero attached hydrogens (tertiary/aromatic N) is 2. The van der Waals surface area contributed by atoms with Crippen molar-refractivity contribution in [2.24, 2.45) is 0 Å². The van der Waals surface area contributed by atoms with Crippen molar-refractivity contribution in [2.45, 2.75) is 26.4 Å². The normalized spacial score (nSPS) is 10.4. The zero-order chi connectivity index (χ0) is 13.0. The number of amides is 2. The first-order valence-corrected chi connectivity index (χ1v) is 5.74. The Morgan fingerprint density at radius 1 is 1.29 bits per heavy atom. The molecule has 1 rings (SSSR count). The van der Waals surface area contributed by atoms with E-state index in [1.165, 1.54) is 0 Å². The fourth-order valence-corrected chi connectivity index (χ4v) is 1.59. The second-order valence-corrected chi connectivity index (χ2v) is 4.60. The Morgan fingerprint density at radius 3 is 2.35 bits per heavy atom. The lowest BCUT2D eigenvalue weighted by molar-refractivity contribution is 0.153. The number of carbonyl (C=O) groups excluding carboxylic acids is 1. The summed E-state index contributed by atoms with van der Waals surface area (Å²) in [7, 11) is 3.51. The predicted molar refractivity (Wildman–Crippen MR) is 70.6 cm³/mol. The van der Waals surface area contributed by atoms with Crippen molar-refractivity contribution in [1.82, 2.24) is 9.80 Å². The van der Waals surface area contributed by atoms with Gasteiger partial charge in [0.15, 0.2) is 0 Å². The summed E-state index contributed by atoms with van der Waals surface area (Å²) >= 11 is 0. The van der Waals surface area contributed by atoms with Crippen LogP contribution in [0, 0.1) is 0 Å². The highest BCUT2D eigenvalue weighted by atomic mass is 16.2. The molecular weight excluding hydrogens is 214 g/mol. The van der Waals surface area contributed by atoms with Gasteiger partial charge >= 0.3 is 6.03 Å². The molecule has 0 saturated heterocycles. The van der Waals surface area contributed by atoms with E-state index in [1.54, 1.807) is 23.9 Å². The summed E-state index contributed by atoms with van der Waals surface area (Å²) in [6.07, 6.45) is 0. The molecule has 0 aliphatic carbocycles. The van der Waals surface area contributed by atoms with Gasteiger partial charge in [-0.25, -0.2) is 4.79 Å². The molecule has 0 unspecified atom stereocenters. The van der Waals surface area contributed by atoms with Crippen LogP contribution in [0.4, 0.5) is 10.5 Å². The molecule has 0 fully saturated rings. The van der Waals surface area contributed by atoms with Gasteiger partial charge in [-0.05, 0) is 25.5 Å². The maximum absolute atomic E-state index is 12.0. The maximum Gasteiger partial charge on any atom is 0.320 e. The van der Waals surface area contributed by atoms with Crippen LogP contribution >= 0.6 is 0 Å². The molecule has 0 aromatic heterocycles. The summed E-state index contributed by atoms with van der Waals surface area (Å²) in [5.41, 5.74) is 7.60. The number of urea groups is 1. The number of hydrogen-bond donors (Lipinski definition) is 1. The van der Waals surface area contributed by atoms with Gasteiger partial charge in [0.05, 0.1) is 0 Å². The maximum atomic E-state index is 12.0. The smallest absolute Gasteiger partial charge is 0.320 e. The molecule has 0 radical (unpaired) electrons. The van der Waals surface area contributed by atoms with Crippen LogP contribution < -0.4 is 5.73 Å². The average Bonchev–Trinajstić information content (AvgIpc) is 2.26. The third kappa shape index (κ3) is 3.37. The van der Waals surface area contributed by atoms with E-state index in [-0.39, 0.29) is 12.1 Å². The SMILES string of the molecule is CC(C)N(Cc1ccccc1N)C(=O)N(C)C. The van der Waals surface area contributed by atoms with Crippen molar-refractivity contribution in [3.63, 3.8) is 0 Å². The molecule has 17 heavy (non-hydrogen) atoms. The largest absolute Gasteiger partial charge is 0.398 e. The molecule has 94 valence electrons. The average molecular weight is 235 g/mol. The minimum Gasteiger partial charge on any atom is -0.398 e. The first-order chi connectivity index (χ1) is 7.93. The van der Waals surface area contributed by atoms with Gasteiger partial charge in [0, 0.05) is 32.4 Å². The highest BCUT2D eigenvalue weighted by Crippen LogP contribution is 2.16. The zero-order valence-corrected chi connectivity index (χ0v) is 11.0. The fourth-order valence-electron chi connectivity index (χ4n) is 1.59. The number of carbonyl (C=O) groups is 1. The quantitative estimate of drug-likeness (QED) is 0.816. The van der Waals surface area contributed by atoms with Crippen LogP contribution in [-0.4, -0.2) is 36.0 Å². The molecular formula is C13H21N3O. The van der Waals surface area contributed by atoms with Crippen LogP contribution in [0.25, 0.3) is 0 Å². The fraction of sp³-hybridized carbons (Fsp3) is 0.462. The number of nitrogen functional groups attached to an aromatic ring is 1. The van der Waals surface area contributed by atoms with Gasteiger partial charge in [-0.2, -0.15) is 0 Å². The Kier molecular flexibility index (Phi) is 4.37. The van der Waals surface area contributed by atoms with E-state index < -0.39 is 0 Å². The van der Waals surface area contributed by atoms with Crippen molar-refractivity contribution in [1.29, 1.82) is 0 Å². The van der Waals surface area contributed by atoms with E-state index in [0.717, 1.165) is 11.3 Å². The number of benzene rings is 1. The highest BCUT2D eigenvalue weighted by molar-refractivity contribution is 5.74.